The van der Waals surface area contributed by atoms with E-state index in [9.17, 15) is 9.90 Å². The van der Waals surface area contributed by atoms with E-state index in [1.807, 2.05) is 12.1 Å². The summed E-state index contributed by atoms with van der Waals surface area (Å²) >= 11 is 0. The molecular weight excluding hydrogens is 292 g/mol. The molecule has 0 aliphatic carbocycles. The Bertz CT molecular complexity index is 896. The number of primary amides is 1. The van der Waals surface area contributed by atoms with Crippen molar-refractivity contribution in [3.05, 3.63) is 54.1 Å². The summed E-state index contributed by atoms with van der Waals surface area (Å²) in [5, 5.41) is 10.6. The SMILES string of the molecule is CC(O)c1cncc(-c2cnc3[nH]cc(C=CC(N)=O)c3c2)c1. The van der Waals surface area contributed by atoms with Crippen LogP contribution in [0.3, 0.4) is 0 Å². The number of carbonyl (C=O) groups is 1. The maximum atomic E-state index is 10.9. The Kier molecular flexibility index (Phi) is 3.91. The number of pyridine rings is 2. The van der Waals surface area contributed by atoms with Crippen LogP contribution < -0.4 is 5.73 Å². The number of fused-ring (bicyclic) bond motifs is 1. The van der Waals surface area contributed by atoms with Gasteiger partial charge in [0.05, 0.1) is 6.10 Å². The molecule has 1 amide bonds. The Balaban J connectivity index is 2.07. The molecule has 0 aliphatic rings. The van der Waals surface area contributed by atoms with E-state index < -0.39 is 12.0 Å². The van der Waals surface area contributed by atoms with Crippen molar-refractivity contribution in [2.45, 2.75) is 13.0 Å². The third kappa shape index (κ3) is 3.12. The molecule has 3 aromatic heterocycles. The van der Waals surface area contributed by atoms with E-state index in [1.165, 1.54) is 6.08 Å². The fraction of sp³-hybridized carbons (Fsp3) is 0.118. The number of rotatable bonds is 4. The molecule has 6 nitrogen and oxygen atoms in total. The number of hydrogen-bond donors (Lipinski definition) is 3. The zero-order valence-electron chi connectivity index (χ0n) is 12.5. The maximum absolute atomic E-state index is 10.9. The van der Waals surface area contributed by atoms with E-state index in [1.54, 1.807) is 37.8 Å². The molecule has 23 heavy (non-hydrogen) atoms. The first-order chi connectivity index (χ1) is 11.0. The van der Waals surface area contributed by atoms with Crippen LogP contribution in [0.1, 0.15) is 24.2 Å². The Hall–Kier alpha value is -2.99. The van der Waals surface area contributed by atoms with Crippen LogP contribution in [-0.2, 0) is 4.79 Å². The van der Waals surface area contributed by atoms with Gasteiger partial charge in [-0.15, -0.1) is 0 Å². The number of nitrogens with one attached hydrogen (secondary N) is 1. The number of hydrogen-bond acceptors (Lipinski definition) is 4. The van der Waals surface area contributed by atoms with Gasteiger partial charge in [-0.05, 0) is 30.7 Å². The normalized spacial score (nSPS) is 12.8. The van der Waals surface area contributed by atoms with Crippen LogP contribution in [0.25, 0.3) is 28.2 Å². The predicted octanol–water partition coefficient (Wildman–Crippen LogP) is 2.18. The molecule has 116 valence electrons. The molecule has 6 heteroatoms. The lowest BCUT2D eigenvalue weighted by Gasteiger charge is -2.07. The average Bonchev–Trinajstić information content (AvgIpc) is 2.95. The third-order valence-corrected chi connectivity index (χ3v) is 3.57. The highest BCUT2D eigenvalue weighted by atomic mass is 16.3. The number of nitrogens with zero attached hydrogens (tertiary/aromatic N) is 2. The molecule has 0 fully saturated rings. The lowest BCUT2D eigenvalue weighted by molar-refractivity contribution is -0.113. The molecule has 3 aromatic rings. The number of H-pyrrole nitrogens is 1. The molecule has 0 aliphatic heterocycles. The largest absolute Gasteiger partial charge is 0.389 e. The van der Waals surface area contributed by atoms with Gasteiger partial charge in [0.1, 0.15) is 5.65 Å². The highest BCUT2D eigenvalue weighted by Crippen LogP contribution is 2.26. The van der Waals surface area contributed by atoms with Crippen LogP contribution in [0.5, 0.6) is 0 Å². The molecule has 0 bridgehead atoms. The summed E-state index contributed by atoms with van der Waals surface area (Å²) in [4.78, 5) is 22.5. The Morgan fingerprint density at radius 1 is 1.30 bits per heavy atom. The number of nitrogens with two attached hydrogens (primary N) is 1. The second-order valence-electron chi connectivity index (χ2n) is 5.28. The highest BCUT2D eigenvalue weighted by molar-refractivity contribution is 5.95. The minimum Gasteiger partial charge on any atom is -0.389 e. The average molecular weight is 308 g/mol. The van der Waals surface area contributed by atoms with E-state index in [-0.39, 0.29) is 0 Å². The minimum absolute atomic E-state index is 0.503. The Labute approximate surface area is 132 Å². The number of aliphatic hydroxyl groups is 1. The van der Waals surface area contributed by atoms with Gasteiger partial charge in [0.2, 0.25) is 5.91 Å². The fourth-order valence-electron chi connectivity index (χ4n) is 2.34. The third-order valence-electron chi connectivity index (χ3n) is 3.57. The molecule has 0 radical (unpaired) electrons. The first kappa shape index (κ1) is 14.9. The zero-order chi connectivity index (χ0) is 16.4. The first-order valence-electron chi connectivity index (χ1n) is 7.12. The van der Waals surface area contributed by atoms with Crippen LogP contribution in [0.4, 0.5) is 0 Å². The fourth-order valence-corrected chi connectivity index (χ4v) is 2.34. The lowest BCUT2D eigenvalue weighted by atomic mass is 10.0. The van der Waals surface area contributed by atoms with E-state index in [4.69, 9.17) is 5.73 Å². The lowest BCUT2D eigenvalue weighted by Crippen LogP contribution is -2.04. The van der Waals surface area contributed by atoms with Gasteiger partial charge in [0.15, 0.2) is 0 Å². The number of aliphatic hydroxyl groups excluding tert-OH is 1. The van der Waals surface area contributed by atoms with Crippen molar-refractivity contribution in [2.75, 3.05) is 0 Å². The van der Waals surface area contributed by atoms with Crippen LogP contribution >= 0.6 is 0 Å². The van der Waals surface area contributed by atoms with Gasteiger partial charge in [-0.25, -0.2) is 4.98 Å². The molecular formula is C17H16N4O2. The number of aromatic amines is 1. The smallest absolute Gasteiger partial charge is 0.241 e. The summed E-state index contributed by atoms with van der Waals surface area (Å²) in [5.41, 5.74) is 9.16. The summed E-state index contributed by atoms with van der Waals surface area (Å²) in [5.74, 6) is -0.503. The predicted molar refractivity (Wildman–Crippen MR) is 88.2 cm³/mol. The highest BCUT2D eigenvalue weighted by Gasteiger charge is 2.08. The molecule has 1 atom stereocenters. The maximum Gasteiger partial charge on any atom is 0.241 e. The Morgan fingerprint density at radius 3 is 2.83 bits per heavy atom. The summed E-state index contributed by atoms with van der Waals surface area (Å²) in [6, 6.07) is 3.84. The summed E-state index contributed by atoms with van der Waals surface area (Å²) in [6.45, 7) is 1.70. The molecule has 3 heterocycles. The van der Waals surface area contributed by atoms with Gasteiger partial charge in [-0.1, -0.05) is 0 Å². The van der Waals surface area contributed by atoms with E-state index in [0.29, 0.717) is 0 Å². The number of amides is 1. The zero-order valence-corrected chi connectivity index (χ0v) is 12.5. The molecule has 3 rings (SSSR count). The molecule has 0 spiro atoms. The summed E-state index contributed by atoms with van der Waals surface area (Å²) in [7, 11) is 0. The summed E-state index contributed by atoms with van der Waals surface area (Å²) in [6.07, 6.45) is 9.24. The van der Waals surface area contributed by atoms with Gasteiger partial charge < -0.3 is 15.8 Å². The van der Waals surface area contributed by atoms with Gasteiger partial charge in [0.25, 0.3) is 0 Å². The van der Waals surface area contributed by atoms with Crippen LogP contribution in [0.15, 0.2) is 43.0 Å². The molecule has 0 aromatic carbocycles. The van der Waals surface area contributed by atoms with Crippen molar-refractivity contribution < 1.29 is 9.90 Å². The van der Waals surface area contributed by atoms with E-state index >= 15 is 0 Å². The quantitative estimate of drug-likeness (QED) is 0.642. The Morgan fingerprint density at radius 2 is 2.09 bits per heavy atom. The van der Waals surface area contributed by atoms with Gasteiger partial charge in [-0.2, -0.15) is 0 Å². The van der Waals surface area contributed by atoms with Crippen molar-refractivity contribution in [3.63, 3.8) is 0 Å². The van der Waals surface area contributed by atoms with Crippen molar-refractivity contribution in [2.24, 2.45) is 5.73 Å². The van der Waals surface area contributed by atoms with Crippen LogP contribution in [0.2, 0.25) is 0 Å². The second kappa shape index (κ2) is 6.02. The monoisotopic (exact) mass is 308 g/mol. The van der Waals surface area contributed by atoms with Gasteiger partial charge in [0, 0.05) is 52.9 Å². The minimum atomic E-state index is -0.583. The number of aromatic nitrogens is 3. The van der Waals surface area contributed by atoms with Gasteiger partial charge >= 0.3 is 0 Å². The van der Waals surface area contributed by atoms with Crippen LogP contribution in [0, 0.1) is 0 Å². The standard InChI is InChI=1S/C17H16N4O2/c1-10(22)12-4-13(7-19-6-12)14-5-15-11(2-3-16(18)23)8-20-17(15)21-9-14/h2-10,22H,1H3,(H2,18,23)(H,20,21). The van der Waals surface area contributed by atoms with Crippen molar-refractivity contribution in [3.8, 4) is 11.1 Å². The van der Waals surface area contributed by atoms with Gasteiger partial charge in [-0.3, -0.25) is 9.78 Å². The van der Waals surface area contributed by atoms with E-state index in [2.05, 4.69) is 15.0 Å². The molecule has 1 unspecified atom stereocenters. The first-order valence-corrected chi connectivity index (χ1v) is 7.12. The van der Waals surface area contributed by atoms with E-state index in [0.717, 1.165) is 33.3 Å². The topological polar surface area (TPSA) is 105 Å². The summed E-state index contributed by atoms with van der Waals surface area (Å²) < 4.78 is 0. The van der Waals surface area contributed by atoms with Crippen LogP contribution in [-0.4, -0.2) is 26.0 Å². The second-order valence-corrected chi connectivity index (χ2v) is 5.28. The van der Waals surface area contributed by atoms with Crippen molar-refractivity contribution >= 4 is 23.0 Å². The van der Waals surface area contributed by atoms with Crippen molar-refractivity contribution in [1.82, 2.24) is 15.0 Å². The molecule has 0 saturated heterocycles. The molecule has 0 saturated carbocycles. The molecule has 4 N–H and O–H groups in total. The number of carbonyl (C=O) groups excluding carboxylic acids is 1. The van der Waals surface area contributed by atoms with Crippen molar-refractivity contribution in [1.29, 1.82) is 0 Å².